The van der Waals surface area contributed by atoms with Crippen molar-refractivity contribution in [3.05, 3.63) is 16.8 Å². The number of hydrogen-bond donors (Lipinski definition) is 2. The van der Waals surface area contributed by atoms with Crippen LogP contribution in [0.25, 0.3) is 10.2 Å². The molecule has 3 amide bonds. The fraction of sp³-hybridized carbons (Fsp3) is 0.640. The van der Waals surface area contributed by atoms with Gasteiger partial charge in [0.2, 0.25) is 17.7 Å². The van der Waals surface area contributed by atoms with Crippen molar-refractivity contribution in [1.29, 1.82) is 0 Å². The molecule has 36 heavy (non-hydrogen) atoms. The molecular weight excluding hydrogens is 482 g/mol. The Balaban J connectivity index is 1.43. The number of carbonyl (C=O) groups excluding carboxylic acids is 3. The lowest BCUT2D eigenvalue weighted by Gasteiger charge is -2.35. The summed E-state index contributed by atoms with van der Waals surface area (Å²) in [5, 5.41) is 3.48. The number of primary amides is 1. The molecule has 2 aliphatic carbocycles. The van der Waals surface area contributed by atoms with Crippen molar-refractivity contribution >= 4 is 39.5 Å². The molecule has 2 aromatic heterocycles. The lowest BCUT2D eigenvalue weighted by atomic mass is 9.92. The molecule has 4 rings (SSSR count). The zero-order valence-electron chi connectivity index (χ0n) is 21.3. The van der Waals surface area contributed by atoms with Crippen LogP contribution in [-0.4, -0.2) is 64.1 Å². The molecule has 1 atom stereocenters. The highest BCUT2D eigenvalue weighted by atomic mass is 32.1. The van der Waals surface area contributed by atoms with Crippen LogP contribution >= 0.6 is 11.3 Å². The smallest absolute Gasteiger partial charge is 0.410 e. The van der Waals surface area contributed by atoms with Crippen molar-refractivity contribution in [1.82, 2.24) is 20.2 Å². The average molecular weight is 518 g/mol. The highest BCUT2D eigenvalue weighted by Crippen LogP contribution is 2.47. The summed E-state index contributed by atoms with van der Waals surface area (Å²) in [6, 6.07) is 0.110. The van der Waals surface area contributed by atoms with Gasteiger partial charge < -0.3 is 25.4 Å². The number of aryl methyl sites for hydroxylation is 1. The number of thiophene rings is 1. The van der Waals surface area contributed by atoms with Crippen LogP contribution in [0.5, 0.6) is 5.88 Å². The molecule has 196 valence electrons. The van der Waals surface area contributed by atoms with Crippen LogP contribution in [0, 0.1) is 0 Å². The quantitative estimate of drug-likeness (QED) is 0.575. The molecule has 0 bridgehead atoms. The number of rotatable bonds is 7. The van der Waals surface area contributed by atoms with Crippen molar-refractivity contribution in [2.45, 2.75) is 89.4 Å². The largest absolute Gasteiger partial charge is 0.474 e. The molecule has 2 aromatic rings. The minimum atomic E-state index is -0.562. The SMILES string of the molecule is CN(C(=O)OC(C)(C)C)C1CCC(Oc2ncnc3sc4c(c23)[C@@H](CC(=O)NCC(N)=O)CC4)CC1. The zero-order valence-corrected chi connectivity index (χ0v) is 22.2. The summed E-state index contributed by atoms with van der Waals surface area (Å²) in [6.07, 6.45) is 6.47. The second-order valence-electron chi connectivity index (χ2n) is 10.6. The first-order valence-corrected chi connectivity index (χ1v) is 13.3. The molecule has 11 heteroatoms. The van der Waals surface area contributed by atoms with Crippen molar-refractivity contribution in [2.24, 2.45) is 5.73 Å². The number of aromatic nitrogens is 2. The average Bonchev–Trinajstić information content (AvgIpc) is 3.36. The first kappa shape index (κ1) is 26.1. The summed E-state index contributed by atoms with van der Waals surface area (Å²) >= 11 is 1.63. The molecule has 10 nitrogen and oxygen atoms in total. The van der Waals surface area contributed by atoms with Gasteiger partial charge in [0.15, 0.2) is 0 Å². The highest BCUT2D eigenvalue weighted by molar-refractivity contribution is 7.19. The minimum Gasteiger partial charge on any atom is -0.474 e. The Morgan fingerprint density at radius 1 is 1.17 bits per heavy atom. The van der Waals surface area contributed by atoms with Gasteiger partial charge in [0.1, 0.15) is 22.9 Å². The summed E-state index contributed by atoms with van der Waals surface area (Å²) in [4.78, 5) is 48.5. The van der Waals surface area contributed by atoms with Gasteiger partial charge in [0, 0.05) is 24.4 Å². The van der Waals surface area contributed by atoms with Gasteiger partial charge in [-0.05, 0) is 70.8 Å². The van der Waals surface area contributed by atoms with E-state index in [1.807, 2.05) is 20.8 Å². The molecule has 0 saturated heterocycles. The van der Waals surface area contributed by atoms with Gasteiger partial charge in [-0.2, -0.15) is 0 Å². The molecule has 1 fully saturated rings. The van der Waals surface area contributed by atoms with Crippen molar-refractivity contribution < 1.29 is 23.9 Å². The van der Waals surface area contributed by atoms with E-state index in [4.69, 9.17) is 15.2 Å². The van der Waals surface area contributed by atoms with E-state index in [2.05, 4.69) is 15.3 Å². The number of nitrogens with one attached hydrogen (secondary N) is 1. The van der Waals surface area contributed by atoms with Crippen molar-refractivity contribution in [3.63, 3.8) is 0 Å². The Morgan fingerprint density at radius 3 is 2.56 bits per heavy atom. The van der Waals surface area contributed by atoms with E-state index in [9.17, 15) is 14.4 Å². The summed E-state index contributed by atoms with van der Waals surface area (Å²) < 4.78 is 11.9. The summed E-state index contributed by atoms with van der Waals surface area (Å²) in [5.74, 6) is -0.177. The molecule has 2 heterocycles. The predicted octanol–water partition coefficient (Wildman–Crippen LogP) is 3.27. The molecule has 0 unspecified atom stereocenters. The van der Waals surface area contributed by atoms with Crippen LogP contribution in [0.4, 0.5) is 4.79 Å². The highest BCUT2D eigenvalue weighted by Gasteiger charge is 2.34. The molecule has 0 spiro atoms. The van der Waals surface area contributed by atoms with Gasteiger partial charge in [-0.15, -0.1) is 11.3 Å². The topological polar surface area (TPSA) is 137 Å². The van der Waals surface area contributed by atoms with E-state index < -0.39 is 11.5 Å². The summed E-state index contributed by atoms with van der Waals surface area (Å²) in [5.41, 5.74) is 5.72. The van der Waals surface area contributed by atoms with Gasteiger partial charge >= 0.3 is 6.09 Å². The van der Waals surface area contributed by atoms with Crippen LogP contribution in [0.3, 0.4) is 0 Å². The predicted molar refractivity (Wildman–Crippen MR) is 136 cm³/mol. The van der Waals surface area contributed by atoms with Gasteiger partial charge in [0.05, 0.1) is 11.9 Å². The molecule has 0 radical (unpaired) electrons. The lowest BCUT2D eigenvalue weighted by Crippen LogP contribution is -2.43. The first-order chi connectivity index (χ1) is 17.0. The maximum absolute atomic E-state index is 12.4. The van der Waals surface area contributed by atoms with E-state index in [1.165, 1.54) is 11.2 Å². The third-order valence-electron chi connectivity index (χ3n) is 6.74. The summed E-state index contributed by atoms with van der Waals surface area (Å²) in [6.45, 7) is 5.44. The second-order valence-corrected chi connectivity index (χ2v) is 11.7. The molecular formula is C25H35N5O5S. The maximum Gasteiger partial charge on any atom is 0.410 e. The van der Waals surface area contributed by atoms with Crippen molar-refractivity contribution in [2.75, 3.05) is 13.6 Å². The van der Waals surface area contributed by atoms with Gasteiger partial charge in [-0.25, -0.2) is 14.8 Å². The fourth-order valence-corrected chi connectivity index (χ4v) is 6.24. The van der Waals surface area contributed by atoms with E-state index in [1.54, 1.807) is 23.3 Å². The Bertz CT molecular complexity index is 1140. The van der Waals surface area contributed by atoms with E-state index in [0.717, 1.165) is 54.3 Å². The molecule has 0 aliphatic heterocycles. The number of nitrogens with two attached hydrogens (primary N) is 1. The number of nitrogens with zero attached hydrogens (tertiary/aromatic N) is 3. The van der Waals surface area contributed by atoms with Crippen LogP contribution in [-0.2, 0) is 20.7 Å². The van der Waals surface area contributed by atoms with Gasteiger partial charge in [0.25, 0.3) is 0 Å². The fourth-order valence-electron chi connectivity index (χ4n) is 5.01. The molecule has 2 aliphatic rings. The zero-order chi connectivity index (χ0) is 26.0. The lowest BCUT2D eigenvalue weighted by molar-refractivity contribution is -0.125. The Morgan fingerprint density at radius 2 is 1.89 bits per heavy atom. The molecule has 3 N–H and O–H groups in total. The number of hydrogen-bond acceptors (Lipinski definition) is 8. The van der Waals surface area contributed by atoms with Crippen molar-refractivity contribution in [3.8, 4) is 5.88 Å². The van der Waals surface area contributed by atoms with Gasteiger partial charge in [-0.3, -0.25) is 9.59 Å². The Labute approximate surface area is 214 Å². The normalized spacial score (nSPS) is 21.6. The van der Waals surface area contributed by atoms with Crippen LogP contribution in [0.15, 0.2) is 6.33 Å². The third kappa shape index (κ3) is 6.05. The minimum absolute atomic E-state index is 0.0133. The standard InChI is InChI=1S/C25H35N5O5S/c1-25(2,3)35-24(33)30(4)15-6-8-16(9-7-15)34-22-21-20-14(11-19(32)27-12-18(26)31)5-10-17(20)36-23(21)29-13-28-22/h13-16H,5-12H2,1-4H3,(H2,26,31)(H,27,32)/t14-,15?,16?/m1/s1. The Hall–Kier alpha value is -2.95. The van der Waals surface area contributed by atoms with E-state index in [-0.39, 0.29) is 43.0 Å². The number of ether oxygens (including phenoxy) is 2. The summed E-state index contributed by atoms with van der Waals surface area (Å²) in [7, 11) is 1.79. The molecule has 0 aromatic carbocycles. The first-order valence-electron chi connectivity index (χ1n) is 12.5. The number of fused-ring (bicyclic) bond motifs is 3. The number of carbonyl (C=O) groups is 3. The van der Waals surface area contributed by atoms with E-state index in [0.29, 0.717) is 5.88 Å². The van der Waals surface area contributed by atoms with Crippen LogP contribution in [0.1, 0.15) is 75.7 Å². The monoisotopic (exact) mass is 517 g/mol. The second kappa shape index (κ2) is 10.6. The molecule has 1 saturated carbocycles. The van der Waals surface area contributed by atoms with Gasteiger partial charge in [-0.1, -0.05) is 0 Å². The van der Waals surface area contributed by atoms with Crippen LogP contribution < -0.4 is 15.8 Å². The maximum atomic E-state index is 12.4. The van der Waals surface area contributed by atoms with Crippen LogP contribution in [0.2, 0.25) is 0 Å². The Kier molecular flexibility index (Phi) is 7.67. The van der Waals surface area contributed by atoms with E-state index >= 15 is 0 Å². The third-order valence-corrected chi connectivity index (χ3v) is 7.91. The number of amides is 3.